The topological polar surface area (TPSA) is 79.7 Å². The molecule has 1 N–H and O–H groups in total. The number of nitrogens with zero attached hydrogens (tertiary/aromatic N) is 2. The molecular formula is C10H12N2O4S. The molecule has 1 aliphatic heterocycles. The van der Waals surface area contributed by atoms with E-state index in [4.69, 9.17) is 9.84 Å². The maximum Gasteiger partial charge on any atom is 0.355 e. The van der Waals surface area contributed by atoms with Crippen LogP contribution in [0.1, 0.15) is 23.3 Å². The van der Waals surface area contributed by atoms with E-state index in [1.165, 1.54) is 5.38 Å². The molecule has 0 radical (unpaired) electrons. The summed E-state index contributed by atoms with van der Waals surface area (Å²) in [5.74, 6) is -0.912. The molecule has 1 fully saturated rings. The highest BCUT2D eigenvalue weighted by Gasteiger charge is 2.19. The fourth-order valence-electron chi connectivity index (χ4n) is 1.61. The van der Waals surface area contributed by atoms with Gasteiger partial charge in [0.25, 0.3) is 5.19 Å². The van der Waals surface area contributed by atoms with Crippen molar-refractivity contribution in [2.75, 3.05) is 19.7 Å². The Morgan fingerprint density at radius 2 is 2.47 bits per heavy atom. The molecule has 2 heterocycles. The Balaban J connectivity index is 1.77. The second-order valence-electron chi connectivity index (χ2n) is 3.64. The predicted molar refractivity (Wildman–Crippen MR) is 60.4 cm³/mol. The number of aromatic carboxylic acids is 1. The van der Waals surface area contributed by atoms with Gasteiger partial charge in [0.15, 0.2) is 5.69 Å². The van der Waals surface area contributed by atoms with Crippen LogP contribution in [0.4, 0.5) is 0 Å². The smallest absolute Gasteiger partial charge is 0.355 e. The summed E-state index contributed by atoms with van der Waals surface area (Å²) >= 11 is 1.14. The second-order valence-corrected chi connectivity index (χ2v) is 4.46. The largest absolute Gasteiger partial charge is 0.476 e. The summed E-state index contributed by atoms with van der Waals surface area (Å²) in [6.45, 7) is 1.65. The van der Waals surface area contributed by atoms with E-state index in [2.05, 4.69) is 4.98 Å². The molecule has 17 heavy (non-hydrogen) atoms. The Morgan fingerprint density at radius 3 is 3.06 bits per heavy atom. The lowest BCUT2D eigenvalue weighted by molar-refractivity contribution is -0.128. The van der Waals surface area contributed by atoms with E-state index in [1.807, 2.05) is 0 Å². The molecule has 0 unspecified atom stereocenters. The first-order valence-electron chi connectivity index (χ1n) is 5.26. The van der Waals surface area contributed by atoms with Crippen LogP contribution in [0.5, 0.6) is 5.19 Å². The summed E-state index contributed by atoms with van der Waals surface area (Å²) in [6.07, 6.45) is 1.51. The van der Waals surface area contributed by atoms with E-state index < -0.39 is 5.97 Å². The normalized spacial score (nSPS) is 15.3. The Kier molecular flexibility index (Phi) is 3.58. The van der Waals surface area contributed by atoms with E-state index in [1.54, 1.807) is 4.90 Å². The predicted octanol–water partition coefficient (Wildman–Crippen LogP) is 0.843. The molecule has 0 aliphatic carbocycles. The molecule has 0 aromatic carbocycles. The number of hydrogen-bond donors (Lipinski definition) is 1. The third kappa shape index (κ3) is 2.94. The van der Waals surface area contributed by atoms with Crippen molar-refractivity contribution in [1.82, 2.24) is 9.88 Å². The minimum absolute atomic E-state index is 0.0118. The van der Waals surface area contributed by atoms with Crippen LogP contribution in [0.15, 0.2) is 5.38 Å². The highest BCUT2D eigenvalue weighted by molar-refractivity contribution is 7.11. The number of aromatic nitrogens is 1. The average molecular weight is 256 g/mol. The van der Waals surface area contributed by atoms with Gasteiger partial charge in [0.2, 0.25) is 5.91 Å². The SMILES string of the molecule is O=C(O)c1csc(OCCN2CCCC2=O)n1. The first-order chi connectivity index (χ1) is 8.16. The Bertz CT molecular complexity index is 432. The standard InChI is InChI=1S/C10H12N2O4S/c13-8-2-1-3-12(8)4-5-16-10-11-7(6-17-10)9(14)15/h6H,1-5H2,(H,14,15). The van der Waals surface area contributed by atoms with Crippen LogP contribution >= 0.6 is 11.3 Å². The van der Waals surface area contributed by atoms with Crippen molar-refractivity contribution in [3.8, 4) is 5.19 Å². The van der Waals surface area contributed by atoms with E-state index in [9.17, 15) is 9.59 Å². The zero-order chi connectivity index (χ0) is 12.3. The number of thiazole rings is 1. The number of rotatable bonds is 5. The van der Waals surface area contributed by atoms with Gasteiger partial charge in [0.1, 0.15) is 6.61 Å². The molecule has 0 atom stereocenters. The van der Waals surface area contributed by atoms with Crippen molar-refractivity contribution in [2.24, 2.45) is 0 Å². The lowest BCUT2D eigenvalue weighted by Crippen LogP contribution is -2.29. The van der Waals surface area contributed by atoms with E-state index in [0.29, 0.717) is 24.8 Å². The Morgan fingerprint density at radius 1 is 1.65 bits per heavy atom. The molecule has 1 aromatic rings. The summed E-state index contributed by atoms with van der Waals surface area (Å²) in [6, 6.07) is 0. The summed E-state index contributed by atoms with van der Waals surface area (Å²) < 4.78 is 5.30. The summed E-state index contributed by atoms with van der Waals surface area (Å²) in [7, 11) is 0. The van der Waals surface area contributed by atoms with E-state index in [-0.39, 0.29) is 11.6 Å². The molecule has 2 rings (SSSR count). The number of carboxylic acids is 1. The average Bonchev–Trinajstić information content (AvgIpc) is 2.89. The van der Waals surface area contributed by atoms with Crippen LogP contribution in [0.25, 0.3) is 0 Å². The lowest BCUT2D eigenvalue weighted by Gasteiger charge is -2.14. The zero-order valence-corrected chi connectivity index (χ0v) is 9.90. The van der Waals surface area contributed by atoms with Crippen LogP contribution in [-0.4, -0.2) is 46.6 Å². The minimum atomic E-state index is -1.06. The number of carbonyl (C=O) groups excluding carboxylic acids is 1. The molecule has 7 heteroatoms. The van der Waals surface area contributed by atoms with Gasteiger partial charge in [-0.25, -0.2) is 4.79 Å². The van der Waals surface area contributed by atoms with Gasteiger partial charge in [-0.05, 0) is 6.42 Å². The molecule has 0 spiro atoms. The summed E-state index contributed by atoms with van der Waals surface area (Å²) in [5, 5.41) is 10.4. The van der Waals surface area contributed by atoms with Crippen LogP contribution in [-0.2, 0) is 4.79 Å². The number of hydrogen-bond acceptors (Lipinski definition) is 5. The first kappa shape index (κ1) is 11.8. The van der Waals surface area contributed by atoms with Gasteiger partial charge in [-0.1, -0.05) is 11.3 Å². The number of likely N-dealkylation sites (tertiary alicyclic amines) is 1. The fourth-order valence-corrected chi connectivity index (χ4v) is 2.27. The van der Waals surface area contributed by atoms with Crippen LogP contribution < -0.4 is 4.74 Å². The molecule has 0 saturated carbocycles. The summed E-state index contributed by atoms with van der Waals surface area (Å²) in [5.41, 5.74) is -0.0118. The van der Waals surface area contributed by atoms with E-state index in [0.717, 1.165) is 24.3 Å². The van der Waals surface area contributed by atoms with Gasteiger partial charge in [0, 0.05) is 18.3 Å². The fraction of sp³-hybridized carbons (Fsp3) is 0.500. The van der Waals surface area contributed by atoms with E-state index >= 15 is 0 Å². The van der Waals surface area contributed by atoms with Crippen molar-refractivity contribution in [1.29, 1.82) is 0 Å². The van der Waals surface area contributed by atoms with Crippen molar-refractivity contribution < 1.29 is 19.4 Å². The number of amides is 1. The lowest BCUT2D eigenvalue weighted by atomic mass is 10.4. The third-order valence-corrected chi connectivity index (χ3v) is 3.21. The Hall–Kier alpha value is -1.63. The molecular weight excluding hydrogens is 244 g/mol. The second kappa shape index (κ2) is 5.13. The van der Waals surface area contributed by atoms with Crippen molar-refractivity contribution in [2.45, 2.75) is 12.8 Å². The zero-order valence-electron chi connectivity index (χ0n) is 9.09. The molecule has 1 aromatic heterocycles. The highest BCUT2D eigenvalue weighted by Crippen LogP contribution is 2.18. The Labute approximate surface area is 102 Å². The maximum absolute atomic E-state index is 11.3. The van der Waals surface area contributed by atoms with Gasteiger partial charge in [-0.15, -0.1) is 0 Å². The number of carboxylic acid groups (broad SMARTS) is 1. The molecule has 6 nitrogen and oxygen atoms in total. The van der Waals surface area contributed by atoms with Crippen LogP contribution in [0, 0.1) is 0 Å². The monoisotopic (exact) mass is 256 g/mol. The van der Waals surface area contributed by atoms with Gasteiger partial charge in [-0.2, -0.15) is 4.98 Å². The summed E-state index contributed by atoms with van der Waals surface area (Å²) in [4.78, 5) is 27.4. The van der Waals surface area contributed by atoms with Gasteiger partial charge in [-0.3, -0.25) is 4.79 Å². The van der Waals surface area contributed by atoms with Crippen LogP contribution in [0.3, 0.4) is 0 Å². The van der Waals surface area contributed by atoms with Gasteiger partial charge < -0.3 is 14.7 Å². The molecule has 1 aliphatic rings. The first-order valence-corrected chi connectivity index (χ1v) is 6.14. The molecule has 1 amide bonds. The molecule has 92 valence electrons. The molecule has 1 saturated heterocycles. The maximum atomic E-state index is 11.3. The van der Waals surface area contributed by atoms with Gasteiger partial charge in [0.05, 0.1) is 6.54 Å². The van der Waals surface area contributed by atoms with Crippen molar-refractivity contribution in [3.05, 3.63) is 11.1 Å². The number of carbonyl (C=O) groups is 2. The van der Waals surface area contributed by atoms with Crippen molar-refractivity contribution >= 4 is 23.2 Å². The quantitative estimate of drug-likeness (QED) is 0.844. The van der Waals surface area contributed by atoms with Gasteiger partial charge >= 0.3 is 5.97 Å². The molecule has 0 bridgehead atoms. The third-order valence-electron chi connectivity index (χ3n) is 2.46. The number of ether oxygens (including phenoxy) is 1. The van der Waals surface area contributed by atoms with Crippen LogP contribution in [0.2, 0.25) is 0 Å². The minimum Gasteiger partial charge on any atom is -0.476 e. The highest BCUT2D eigenvalue weighted by atomic mass is 32.1. The van der Waals surface area contributed by atoms with Crippen molar-refractivity contribution in [3.63, 3.8) is 0 Å².